The predicted molar refractivity (Wildman–Crippen MR) is 46.9 cm³/mol. The lowest BCUT2D eigenvalue weighted by molar-refractivity contribution is 0.140. The van der Waals surface area contributed by atoms with Crippen LogP contribution in [0.5, 0.6) is 0 Å². The van der Waals surface area contributed by atoms with Gasteiger partial charge >= 0.3 is 6.09 Å². The van der Waals surface area contributed by atoms with E-state index in [4.69, 9.17) is 4.74 Å². The normalized spacial score (nSPS) is 16.8. The third kappa shape index (κ3) is 2.00. The molecule has 0 fully saturated rings. The van der Waals surface area contributed by atoms with Crippen LogP contribution in [0.25, 0.3) is 0 Å². The van der Waals surface area contributed by atoms with Crippen LogP contribution >= 0.6 is 0 Å². The highest BCUT2D eigenvalue weighted by Crippen LogP contribution is 2.33. The Hall–Kier alpha value is -0.990. The van der Waals surface area contributed by atoms with E-state index in [2.05, 4.69) is 5.32 Å². The molecule has 0 saturated carbocycles. The van der Waals surface area contributed by atoms with Gasteiger partial charge in [-0.05, 0) is 38.8 Å². The third-order valence-corrected chi connectivity index (χ3v) is 1.96. The van der Waals surface area contributed by atoms with Crippen molar-refractivity contribution in [1.29, 1.82) is 0 Å². The second-order valence-corrected chi connectivity index (χ2v) is 3.45. The molecule has 3 nitrogen and oxygen atoms in total. The smallest absolute Gasteiger partial charge is 0.408 e. The maximum atomic E-state index is 11.0. The Morgan fingerprint density at radius 3 is 2.25 bits per heavy atom. The number of carbonyl (C=O) groups is 1. The van der Waals surface area contributed by atoms with Crippen LogP contribution in [-0.2, 0) is 4.74 Å². The maximum Gasteiger partial charge on any atom is 0.408 e. The quantitative estimate of drug-likeness (QED) is 0.640. The van der Waals surface area contributed by atoms with Gasteiger partial charge in [0.15, 0.2) is 0 Å². The van der Waals surface area contributed by atoms with Crippen molar-refractivity contribution in [3.05, 3.63) is 11.1 Å². The fourth-order valence-corrected chi connectivity index (χ4v) is 0.994. The van der Waals surface area contributed by atoms with Crippen molar-refractivity contribution in [1.82, 2.24) is 5.32 Å². The zero-order chi connectivity index (χ0) is 9.30. The van der Waals surface area contributed by atoms with Gasteiger partial charge < -0.3 is 10.1 Å². The topological polar surface area (TPSA) is 38.3 Å². The van der Waals surface area contributed by atoms with Crippen LogP contribution in [-0.4, -0.2) is 18.2 Å². The van der Waals surface area contributed by atoms with E-state index in [1.54, 1.807) is 0 Å². The van der Waals surface area contributed by atoms with Gasteiger partial charge in [0.1, 0.15) is 6.10 Å². The fraction of sp³-hybridized carbons (Fsp3) is 0.667. The molecule has 1 aliphatic rings. The Morgan fingerprint density at radius 1 is 1.42 bits per heavy atom. The second-order valence-electron chi connectivity index (χ2n) is 3.45. The zero-order valence-corrected chi connectivity index (χ0v) is 7.97. The molecule has 0 aromatic heterocycles. The highest BCUT2D eigenvalue weighted by atomic mass is 16.6. The maximum absolute atomic E-state index is 11.0. The number of alkyl carbamates (subject to hydrolysis) is 1. The number of hydrogen-bond acceptors (Lipinski definition) is 2. The molecule has 68 valence electrons. The van der Waals surface area contributed by atoms with E-state index in [1.165, 1.54) is 11.1 Å². The van der Waals surface area contributed by atoms with Crippen LogP contribution in [0.15, 0.2) is 11.1 Å². The van der Waals surface area contributed by atoms with Crippen molar-refractivity contribution in [3.63, 3.8) is 0 Å². The lowest BCUT2D eigenvalue weighted by Crippen LogP contribution is -2.31. The molecule has 0 bridgehead atoms. The summed E-state index contributed by atoms with van der Waals surface area (Å²) in [6, 6.07) is 0.136. The Balaban J connectivity index is 2.22. The summed E-state index contributed by atoms with van der Waals surface area (Å²) in [4.78, 5) is 11.0. The second kappa shape index (κ2) is 3.17. The molecule has 0 aliphatic heterocycles. The number of hydrogen-bond donors (Lipinski definition) is 1. The lowest BCUT2D eigenvalue weighted by Gasteiger charge is -2.09. The summed E-state index contributed by atoms with van der Waals surface area (Å²) < 4.78 is 5.07. The van der Waals surface area contributed by atoms with Gasteiger partial charge in [0.25, 0.3) is 0 Å². The average molecular weight is 169 g/mol. The van der Waals surface area contributed by atoms with Crippen molar-refractivity contribution in [2.45, 2.75) is 39.8 Å². The zero-order valence-electron chi connectivity index (χ0n) is 7.97. The van der Waals surface area contributed by atoms with Gasteiger partial charge in [0, 0.05) is 6.04 Å². The molecule has 3 heteroatoms. The van der Waals surface area contributed by atoms with Crippen LogP contribution in [0, 0.1) is 0 Å². The minimum Gasteiger partial charge on any atom is -0.437 e. The van der Waals surface area contributed by atoms with Crippen LogP contribution in [0.2, 0.25) is 0 Å². The van der Waals surface area contributed by atoms with Gasteiger partial charge in [0.2, 0.25) is 0 Å². The van der Waals surface area contributed by atoms with Gasteiger partial charge in [-0.2, -0.15) is 0 Å². The minimum atomic E-state index is -0.328. The molecule has 0 heterocycles. The first kappa shape index (κ1) is 9.10. The SMILES string of the molecule is CC1=C(C)C1OC(=O)NC(C)C. The van der Waals surface area contributed by atoms with Crippen LogP contribution in [0.3, 0.4) is 0 Å². The summed E-state index contributed by atoms with van der Waals surface area (Å²) in [5, 5.41) is 2.67. The third-order valence-electron chi connectivity index (χ3n) is 1.96. The summed E-state index contributed by atoms with van der Waals surface area (Å²) >= 11 is 0. The lowest BCUT2D eigenvalue weighted by atomic mass is 10.4. The van der Waals surface area contributed by atoms with E-state index in [-0.39, 0.29) is 18.2 Å². The summed E-state index contributed by atoms with van der Waals surface area (Å²) in [5.74, 6) is 0. The van der Waals surface area contributed by atoms with Gasteiger partial charge in [-0.3, -0.25) is 0 Å². The molecular formula is C9H15NO2. The summed E-state index contributed by atoms with van der Waals surface area (Å²) in [5.41, 5.74) is 2.35. The van der Waals surface area contributed by atoms with E-state index in [0.29, 0.717) is 0 Å². The Labute approximate surface area is 72.8 Å². The first-order valence-electron chi connectivity index (χ1n) is 4.16. The van der Waals surface area contributed by atoms with Gasteiger partial charge in [-0.25, -0.2) is 4.79 Å². The van der Waals surface area contributed by atoms with Gasteiger partial charge in [-0.15, -0.1) is 0 Å². The fourth-order valence-electron chi connectivity index (χ4n) is 0.994. The van der Waals surface area contributed by atoms with Crippen LogP contribution < -0.4 is 5.32 Å². The molecule has 1 aliphatic carbocycles. The van der Waals surface area contributed by atoms with Crippen molar-refractivity contribution in [3.8, 4) is 0 Å². The van der Waals surface area contributed by atoms with E-state index in [0.717, 1.165) is 0 Å². The molecule has 0 spiro atoms. The van der Waals surface area contributed by atoms with Gasteiger partial charge in [0.05, 0.1) is 0 Å². The summed E-state index contributed by atoms with van der Waals surface area (Å²) in [7, 11) is 0. The summed E-state index contributed by atoms with van der Waals surface area (Å²) in [6.07, 6.45) is -0.352. The van der Waals surface area contributed by atoms with E-state index >= 15 is 0 Å². The Morgan fingerprint density at radius 2 is 1.92 bits per heavy atom. The number of amides is 1. The molecule has 0 radical (unpaired) electrons. The predicted octanol–water partition coefficient (Wildman–Crippen LogP) is 1.84. The first-order valence-corrected chi connectivity index (χ1v) is 4.16. The number of ether oxygens (including phenoxy) is 1. The van der Waals surface area contributed by atoms with Crippen molar-refractivity contribution in [2.24, 2.45) is 0 Å². The molecule has 12 heavy (non-hydrogen) atoms. The molecule has 1 N–H and O–H groups in total. The molecular weight excluding hydrogens is 154 g/mol. The molecule has 0 atom stereocenters. The standard InChI is InChI=1S/C9H15NO2/c1-5(2)10-9(11)12-8-6(3)7(8)4/h5,8H,1-4H3,(H,10,11). The molecule has 0 aromatic rings. The first-order chi connectivity index (χ1) is 5.52. The molecule has 0 unspecified atom stereocenters. The van der Waals surface area contributed by atoms with Crippen LogP contribution in [0.4, 0.5) is 4.79 Å². The monoisotopic (exact) mass is 169 g/mol. The average Bonchev–Trinajstić information content (AvgIpc) is 2.43. The van der Waals surface area contributed by atoms with Crippen molar-refractivity contribution in [2.75, 3.05) is 0 Å². The van der Waals surface area contributed by atoms with E-state index < -0.39 is 0 Å². The molecule has 0 saturated heterocycles. The summed E-state index contributed by atoms with van der Waals surface area (Å²) in [6.45, 7) is 7.76. The Bertz CT molecular complexity index is 219. The largest absolute Gasteiger partial charge is 0.437 e. The van der Waals surface area contributed by atoms with E-state index in [9.17, 15) is 4.79 Å². The van der Waals surface area contributed by atoms with Crippen molar-refractivity contribution >= 4 is 6.09 Å². The number of rotatable bonds is 2. The Kier molecular flexibility index (Phi) is 2.40. The molecule has 1 rings (SSSR count). The van der Waals surface area contributed by atoms with E-state index in [1.807, 2.05) is 27.7 Å². The highest BCUT2D eigenvalue weighted by molar-refractivity contribution is 5.69. The molecule has 0 aromatic carbocycles. The molecule has 1 amide bonds. The highest BCUT2D eigenvalue weighted by Gasteiger charge is 2.32. The number of nitrogens with one attached hydrogen (secondary N) is 1. The van der Waals surface area contributed by atoms with Crippen LogP contribution in [0.1, 0.15) is 27.7 Å². The van der Waals surface area contributed by atoms with Crippen molar-refractivity contribution < 1.29 is 9.53 Å². The minimum absolute atomic E-state index is 0.0243. The van der Waals surface area contributed by atoms with Gasteiger partial charge in [-0.1, -0.05) is 0 Å². The number of carbonyl (C=O) groups excluding carboxylic acids is 1.